The molecule has 2 N–H and O–H groups in total. The number of piperidine rings is 1. The van der Waals surface area contributed by atoms with Crippen LogP contribution in [-0.4, -0.2) is 63.8 Å². The van der Waals surface area contributed by atoms with E-state index in [1.807, 2.05) is 31.3 Å². The number of nitrogens with one attached hydrogen (secondary N) is 2. The Kier molecular flexibility index (Phi) is 8.98. The SMILES string of the molecule is C=C(C)CN1CCC(NC(=NC)NCCCOc2cccc(OC)c2)CC1. The fraction of sp³-hybridized carbons (Fsp3) is 0.571. The minimum atomic E-state index is 0.477. The molecular formula is C21H34N4O2. The third-order valence-electron chi connectivity index (χ3n) is 4.57. The molecule has 0 aromatic heterocycles. The number of methoxy groups -OCH3 is 1. The van der Waals surface area contributed by atoms with Crippen LogP contribution < -0.4 is 20.1 Å². The summed E-state index contributed by atoms with van der Waals surface area (Å²) in [5, 5.41) is 6.91. The Hall–Kier alpha value is -2.21. The molecule has 0 amide bonds. The van der Waals surface area contributed by atoms with Crippen LogP contribution in [0.3, 0.4) is 0 Å². The molecule has 0 bridgehead atoms. The number of hydrogen-bond acceptors (Lipinski definition) is 4. The van der Waals surface area contributed by atoms with Crippen molar-refractivity contribution in [1.29, 1.82) is 0 Å². The minimum absolute atomic E-state index is 0.477. The van der Waals surface area contributed by atoms with Gasteiger partial charge < -0.3 is 20.1 Å². The summed E-state index contributed by atoms with van der Waals surface area (Å²) >= 11 is 0. The quantitative estimate of drug-likeness (QED) is 0.301. The molecule has 0 saturated carbocycles. The number of likely N-dealkylation sites (tertiary alicyclic amines) is 1. The van der Waals surface area contributed by atoms with E-state index >= 15 is 0 Å². The van der Waals surface area contributed by atoms with Gasteiger partial charge in [-0.2, -0.15) is 0 Å². The fourth-order valence-electron chi connectivity index (χ4n) is 3.17. The molecule has 6 nitrogen and oxygen atoms in total. The molecule has 1 heterocycles. The average Bonchev–Trinajstić information content (AvgIpc) is 2.68. The molecule has 0 radical (unpaired) electrons. The van der Waals surface area contributed by atoms with Crippen molar-refractivity contribution in [2.45, 2.75) is 32.2 Å². The van der Waals surface area contributed by atoms with Crippen LogP contribution >= 0.6 is 0 Å². The van der Waals surface area contributed by atoms with E-state index in [9.17, 15) is 0 Å². The second kappa shape index (κ2) is 11.5. The van der Waals surface area contributed by atoms with Gasteiger partial charge in [-0.25, -0.2) is 0 Å². The van der Waals surface area contributed by atoms with Crippen molar-refractivity contribution in [2.24, 2.45) is 4.99 Å². The van der Waals surface area contributed by atoms with E-state index in [0.29, 0.717) is 12.6 Å². The van der Waals surface area contributed by atoms with Crippen molar-refractivity contribution in [3.05, 3.63) is 36.4 Å². The van der Waals surface area contributed by atoms with Crippen molar-refractivity contribution >= 4 is 5.96 Å². The van der Waals surface area contributed by atoms with Gasteiger partial charge in [0.15, 0.2) is 5.96 Å². The highest BCUT2D eigenvalue weighted by atomic mass is 16.5. The molecule has 0 unspecified atom stereocenters. The molecule has 1 saturated heterocycles. The van der Waals surface area contributed by atoms with E-state index in [0.717, 1.165) is 62.9 Å². The molecule has 1 fully saturated rings. The summed E-state index contributed by atoms with van der Waals surface area (Å²) in [5.74, 6) is 2.51. The Bertz CT molecular complexity index is 610. The number of nitrogens with zero attached hydrogens (tertiary/aromatic N) is 2. The second-order valence-corrected chi connectivity index (χ2v) is 7.03. The van der Waals surface area contributed by atoms with Gasteiger partial charge in [0.2, 0.25) is 0 Å². The second-order valence-electron chi connectivity index (χ2n) is 7.03. The summed E-state index contributed by atoms with van der Waals surface area (Å²) in [7, 11) is 3.48. The maximum absolute atomic E-state index is 5.76. The highest BCUT2D eigenvalue weighted by Gasteiger charge is 2.19. The van der Waals surface area contributed by atoms with E-state index in [1.165, 1.54) is 5.57 Å². The first-order chi connectivity index (χ1) is 13.1. The van der Waals surface area contributed by atoms with Crippen LogP contribution in [-0.2, 0) is 0 Å². The van der Waals surface area contributed by atoms with Gasteiger partial charge in [-0.1, -0.05) is 18.2 Å². The fourth-order valence-corrected chi connectivity index (χ4v) is 3.17. The first kappa shape index (κ1) is 21.1. The first-order valence-electron chi connectivity index (χ1n) is 9.71. The maximum Gasteiger partial charge on any atom is 0.191 e. The molecule has 2 rings (SSSR count). The standard InChI is InChI=1S/C21H34N4O2/c1-17(2)16-25-12-9-18(10-13-25)24-21(22-3)23-11-6-14-27-20-8-5-7-19(15-20)26-4/h5,7-8,15,18H,1,6,9-14,16H2,2-4H3,(H2,22,23,24). The molecular weight excluding hydrogens is 340 g/mol. The molecule has 1 aromatic rings. The zero-order valence-electron chi connectivity index (χ0n) is 17.0. The first-order valence-corrected chi connectivity index (χ1v) is 9.71. The van der Waals surface area contributed by atoms with Gasteiger partial charge in [-0.15, -0.1) is 0 Å². The molecule has 1 aliphatic rings. The monoisotopic (exact) mass is 374 g/mol. The van der Waals surface area contributed by atoms with Crippen molar-refractivity contribution in [3.8, 4) is 11.5 Å². The van der Waals surface area contributed by atoms with Gasteiger partial charge in [-0.05, 0) is 38.3 Å². The Labute approximate surface area is 163 Å². The van der Waals surface area contributed by atoms with E-state index in [4.69, 9.17) is 9.47 Å². The predicted molar refractivity (Wildman–Crippen MR) is 112 cm³/mol. The molecule has 0 aliphatic carbocycles. The van der Waals surface area contributed by atoms with Crippen molar-refractivity contribution in [1.82, 2.24) is 15.5 Å². The molecule has 1 aromatic carbocycles. The van der Waals surface area contributed by atoms with Crippen molar-refractivity contribution < 1.29 is 9.47 Å². The van der Waals surface area contributed by atoms with E-state index in [2.05, 4.69) is 34.0 Å². The summed E-state index contributed by atoms with van der Waals surface area (Å²) in [6.07, 6.45) is 3.16. The van der Waals surface area contributed by atoms with Crippen LogP contribution in [0.25, 0.3) is 0 Å². The zero-order chi connectivity index (χ0) is 19.5. The van der Waals surface area contributed by atoms with Gasteiger partial charge in [0, 0.05) is 45.3 Å². The number of benzene rings is 1. The molecule has 0 atom stereocenters. The summed E-state index contributed by atoms with van der Waals surface area (Å²) in [6, 6.07) is 8.16. The topological polar surface area (TPSA) is 58.1 Å². The Balaban J connectivity index is 1.61. The number of hydrogen-bond donors (Lipinski definition) is 2. The Morgan fingerprint density at radius 3 is 2.70 bits per heavy atom. The predicted octanol–water partition coefficient (Wildman–Crippen LogP) is 2.67. The van der Waals surface area contributed by atoms with E-state index in [1.54, 1.807) is 7.11 Å². The molecule has 1 aliphatic heterocycles. The lowest BCUT2D eigenvalue weighted by molar-refractivity contribution is 0.221. The van der Waals surface area contributed by atoms with Gasteiger partial charge in [-0.3, -0.25) is 9.89 Å². The van der Waals surface area contributed by atoms with Crippen LogP contribution in [0.5, 0.6) is 11.5 Å². The molecule has 27 heavy (non-hydrogen) atoms. The zero-order valence-corrected chi connectivity index (χ0v) is 17.0. The van der Waals surface area contributed by atoms with Crippen LogP contribution in [0.15, 0.2) is 41.4 Å². The highest BCUT2D eigenvalue weighted by Crippen LogP contribution is 2.18. The molecule has 0 spiro atoms. The number of rotatable bonds is 9. The average molecular weight is 375 g/mol. The normalized spacial score (nSPS) is 16.0. The van der Waals surface area contributed by atoms with E-state index < -0.39 is 0 Å². The van der Waals surface area contributed by atoms with Gasteiger partial charge in [0.1, 0.15) is 11.5 Å². The van der Waals surface area contributed by atoms with Crippen molar-refractivity contribution in [3.63, 3.8) is 0 Å². The summed E-state index contributed by atoms with van der Waals surface area (Å²) in [5.41, 5.74) is 1.23. The van der Waals surface area contributed by atoms with Crippen LogP contribution in [0.1, 0.15) is 26.2 Å². The number of ether oxygens (including phenoxy) is 2. The Morgan fingerprint density at radius 1 is 1.30 bits per heavy atom. The molecule has 150 valence electrons. The Morgan fingerprint density at radius 2 is 2.04 bits per heavy atom. The lowest BCUT2D eigenvalue weighted by Crippen LogP contribution is -2.49. The van der Waals surface area contributed by atoms with Crippen molar-refractivity contribution in [2.75, 3.05) is 46.9 Å². The largest absolute Gasteiger partial charge is 0.497 e. The summed E-state index contributed by atoms with van der Waals surface area (Å²) in [6.45, 7) is 10.8. The third-order valence-corrected chi connectivity index (χ3v) is 4.57. The van der Waals surface area contributed by atoms with Crippen LogP contribution in [0.4, 0.5) is 0 Å². The maximum atomic E-state index is 5.76. The summed E-state index contributed by atoms with van der Waals surface area (Å²) < 4.78 is 11.0. The number of aliphatic imine (C=N–C) groups is 1. The van der Waals surface area contributed by atoms with E-state index in [-0.39, 0.29) is 0 Å². The minimum Gasteiger partial charge on any atom is -0.497 e. The molecule has 6 heteroatoms. The summed E-state index contributed by atoms with van der Waals surface area (Å²) in [4.78, 5) is 6.80. The third kappa shape index (κ3) is 7.91. The van der Waals surface area contributed by atoms with Gasteiger partial charge in [0.25, 0.3) is 0 Å². The van der Waals surface area contributed by atoms with Gasteiger partial charge in [0.05, 0.1) is 13.7 Å². The van der Waals surface area contributed by atoms with Crippen LogP contribution in [0, 0.1) is 0 Å². The lowest BCUT2D eigenvalue weighted by Gasteiger charge is -2.33. The van der Waals surface area contributed by atoms with Crippen LogP contribution in [0.2, 0.25) is 0 Å². The highest BCUT2D eigenvalue weighted by molar-refractivity contribution is 5.79. The smallest absolute Gasteiger partial charge is 0.191 e. The number of guanidine groups is 1. The van der Waals surface area contributed by atoms with Gasteiger partial charge >= 0.3 is 0 Å². The lowest BCUT2D eigenvalue weighted by atomic mass is 10.0.